The first kappa shape index (κ1) is 35.5. The zero-order valence-electron chi connectivity index (χ0n) is 27.0. The van der Waals surface area contributed by atoms with Crippen molar-refractivity contribution in [1.29, 1.82) is 0 Å². The zero-order valence-corrected chi connectivity index (χ0v) is 27.0. The molecule has 4 atom stereocenters. The number of benzene rings is 4. The normalized spacial score (nSPS) is 13.7. The van der Waals surface area contributed by atoms with Crippen LogP contribution in [-0.4, -0.2) is 23.9 Å². The van der Waals surface area contributed by atoms with Crippen LogP contribution >= 0.6 is 0 Å². The summed E-state index contributed by atoms with van der Waals surface area (Å²) in [5.74, 6) is 2.28. The summed E-state index contributed by atoms with van der Waals surface area (Å²) in [4.78, 5) is 0. The van der Waals surface area contributed by atoms with Crippen molar-refractivity contribution >= 4 is 0 Å². The van der Waals surface area contributed by atoms with E-state index in [0.717, 1.165) is 35.5 Å². The molecular weight excluding hydrogens is 566 g/mol. The maximum Gasteiger partial charge on any atom is 0.123 e. The molecule has 0 radical (unpaired) electrons. The number of hydrogen-bond acceptors (Lipinski definition) is 3. The van der Waals surface area contributed by atoms with Crippen LogP contribution in [0, 0.1) is 35.3 Å². The van der Waals surface area contributed by atoms with Crippen LogP contribution in [0.2, 0.25) is 0 Å². The topological polar surface area (TPSA) is 38.7 Å². The Morgan fingerprint density at radius 1 is 0.622 bits per heavy atom. The molecule has 0 bridgehead atoms. The van der Waals surface area contributed by atoms with Gasteiger partial charge in [0.25, 0.3) is 0 Å². The third-order valence-electron chi connectivity index (χ3n) is 7.83. The number of aliphatic hydroxyl groups excluding tert-OH is 1. The van der Waals surface area contributed by atoms with Gasteiger partial charge in [-0.3, -0.25) is 0 Å². The van der Waals surface area contributed by atoms with Crippen molar-refractivity contribution in [3.8, 4) is 11.5 Å². The minimum absolute atomic E-state index is 0.00500. The van der Waals surface area contributed by atoms with Crippen molar-refractivity contribution in [3.63, 3.8) is 0 Å². The third-order valence-corrected chi connectivity index (χ3v) is 7.83. The van der Waals surface area contributed by atoms with Gasteiger partial charge in [-0.05, 0) is 90.8 Å². The highest BCUT2D eigenvalue weighted by Crippen LogP contribution is 2.27. The number of rotatable bonds is 15. The summed E-state index contributed by atoms with van der Waals surface area (Å²) in [7, 11) is 0. The fourth-order valence-corrected chi connectivity index (χ4v) is 5.50. The lowest BCUT2D eigenvalue weighted by molar-refractivity contribution is 0.0730. The Bertz CT molecular complexity index is 1360. The molecule has 4 aromatic rings. The van der Waals surface area contributed by atoms with Gasteiger partial charge in [0.2, 0.25) is 0 Å². The van der Waals surface area contributed by atoms with Crippen molar-refractivity contribution < 1.29 is 23.4 Å². The molecule has 0 heterocycles. The molecule has 4 rings (SSSR count). The Kier molecular flexibility index (Phi) is 14.8. The fraction of sp³-hybridized carbons (Fsp3) is 0.350. The van der Waals surface area contributed by atoms with Crippen molar-refractivity contribution in [2.24, 2.45) is 23.7 Å². The summed E-state index contributed by atoms with van der Waals surface area (Å²) in [6, 6.07) is 32.8. The summed E-state index contributed by atoms with van der Waals surface area (Å²) < 4.78 is 38.5. The molecule has 240 valence electrons. The second kappa shape index (κ2) is 18.8. The van der Waals surface area contributed by atoms with Gasteiger partial charge in [0.15, 0.2) is 0 Å². The Morgan fingerprint density at radius 3 is 1.44 bits per heavy atom. The maximum atomic E-state index is 13.1. The molecule has 4 aromatic carbocycles. The molecule has 0 amide bonds. The van der Waals surface area contributed by atoms with Gasteiger partial charge >= 0.3 is 0 Å². The number of ether oxygens (including phenoxy) is 2. The molecule has 0 spiro atoms. The molecular formula is C40H48F2O3. The summed E-state index contributed by atoms with van der Waals surface area (Å²) >= 11 is 0. The third kappa shape index (κ3) is 12.2. The predicted octanol–water partition coefficient (Wildman–Crippen LogP) is 9.74. The van der Waals surface area contributed by atoms with E-state index in [1.165, 1.54) is 24.3 Å². The van der Waals surface area contributed by atoms with Crippen LogP contribution in [0.3, 0.4) is 0 Å². The lowest BCUT2D eigenvalue weighted by atomic mass is 9.85. The first-order chi connectivity index (χ1) is 21.7. The van der Waals surface area contributed by atoms with Crippen molar-refractivity contribution in [2.45, 2.75) is 59.2 Å². The maximum absolute atomic E-state index is 13.1. The molecule has 0 saturated heterocycles. The van der Waals surface area contributed by atoms with Crippen LogP contribution in [0.5, 0.6) is 11.5 Å². The summed E-state index contributed by atoms with van der Waals surface area (Å²) in [5, 5.41) is 9.44. The van der Waals surface area contributed by atoms with E-state index in [0.29, 0.717) is 18.3 Å². The molecule has 0 unspecified atom stereocenters. The quantitative estimate of drug-likeness (QED) is 0.136. The Hall–Kier alpha value is -3.96. The number of halogens is 2. The van der Waals surface area contributed by atoms with Crippen molar-refractivity contribution in [1.82, 2.24) is 0 Å². The van der Waals surface area contributed by atoms with Crippen LogP contribution in [-0.2, 0) is 12.8 Å². The average molecular weight is 615 g/mol. The largest absolute Gasteiger partial charge is 0.490 e. The minimum atomic E-state index is -0.228. The van der Waals surface area contributed by atoms with E-state index < -0.39 is 0 Å². The SMILES string of the molecule is C=C[C@H](Cc1ccc(F)cc1)[C@@H](Oc1ccccc1)C(C)C.CC(C)[C@H](Oc1ccccc1)[C@H](CCO)Cc1ccc(F)cc1. The van der Waals surface area contributed by atoms with E-state index in [4.69, 9.17) is 9.47 Å². The predicted molar refractivity (Wildman–Crippen MR) is 180 cm³/mol. The lowest BCUT2D eigenvalue weighted by Gasteiger charge is -2.31. The van der Waals surface area contributed by atoms with Gasteiger partial charge in [0.1, 0.15) is 35.3 Å². The second-order valence-electron chi connectivity index (χ2n) is 12.1. The number of hydrogen-bond donors (Lipinski definition) is 1. The van der Waals surface area contributed by atoms with E-state index in [1.807, 2.05) is 78.9 Å². The van der Waals surface area contributed by atoms with Crippen molar-refractivity contribution in [2.75, 3.05) is 6.61 Å². The Morgan fingerprint density at radius 2 is 1.04 bits per heavy atom. The molecule has 0 saturated carbocycles. The summed E-state index contributed by atoms with van der Waals surface area (Å²) in [6.45, 7) is 12.6. The number of aliphatic hydroxyl groups is 1. The molecule has 0 aromatic heterocycles. The van der Waals surface area contributed by atoms with Crippen LogP contribution in [0.15, 0.2) is 122 Å². The van der Waals surface area contributed by atoms with E-state index in [9.17, 15) is 13.9 Å². The van der Waals surface area contributed by atoms with E-state index in [1.54, 1.807) is 12.1 Å². The molecule has 5 heteroatoms. The molecule has 0 aliphatic heterocycles. The average Bonchev–Trinajstić information content (AvgIpc) is 3.04. The van der Waals surface area contributed by atoms with Gasteiger partial charge in [-0.25, -0.2) is 8.78 Å². The lowest BCUT2D eigenvalue weighted by Crippen LogP contribution is -2.34. The van der Waals surface area contributed by atoms with Crippen LogP contribution < -0.4 is 9.47 Å². The molecule has 45 heavy (non-hydrogen) atoms. The van der Waals surface area contributed by atoms with Gasteiger partial charge in [0, 0.05) is 18.4 Å². The first-order valence-corrected chi connectivity index (χ1v) is 15.9. The van der Waals surface area contributed by atoms with Gasteiger partial charge in [-0.15, -0.1) is 6.58 Å². The highest BCUT2D eigenvalue weighted by Gasteiger charge is 2.27. The summed E-state index contributed by atoms with van der Waals surface area (Å²) in [6.07, 6.45) is 4.18. The zero-order chi connectivity index (χ0) is 32.6. The van der Waals surface area contributed by atoms with Crippen LogP contribution in [0.25, 0.3) is 0 Å². The van der Waals surface area contributed by atoms with Crippen LogP contribution in [0.1, 0.15) is 45.2 Å². The standard InChI is InChI=1S/C20H25FO2.C20H23FO/c1-15(2)20(23-19-6-4-3-5-7-19)17(12-13-22)14-16-8-10-18(21)11-9-16;1-4-17(14-16-10-12-18(21)13-11-16)20(15(2)3)22-19-8-6-5-7-9-19/h3-11,15,17,20,22H,12-14H2,1-2H3;4-13,15,17,20H,1,14H2,2-3H3/t2*17-,20+/m11/s1. The van der Waals surface area contributed by atoms with Gasteiger partial charge in [-0.2, -0.15) is 0 Å². The summed E-state index contributed by atoms with van der Waals surface area (Å²) in [5.41, 5.74) is 2.15. The minimum Gasteiger partial charge on any atom is -0.490 e. The molecule has 0 fully saturated rings. The van der Waals surface area contributed by atoms with Crippen LogP contribution in [0.4, 0.5) is 8.78 Å². The Balaban J connectivity index is 0.000000246. The van der Waals surface area contributed by atoms with Gasteiger partial charge in [-0.1, -0.05) is 94.4 Å². The smallest absolute Gasteiger partial charge is 0.123 e. The first-order valence-electron chi connectivity index (χ1n) is 15.9. The van der Waals surface area contributed by atoms with E-state index in [2.05, 4.69) is 34.3 Å². The molecule has 0 aliphatic carbocycles. The van der Waals surface area contributed by atoms with Crippen molar-refractivity contribution in [3.05, 3.63) is 145 Å². The second-order valence-corrected chi connectivity index (χ2v) is 12.1. The Labute approximate surface area is 268 Å². The molecule has 1 N–H and O–H groups in total. The molecule has 3 nitrogen and oxygen atoms in total. The van der Waals surface area contributed by atoms with E-state index >= 15 is 0 Å². The van der Waals surface area contributed by atoms with E-state index in [-0.39, 0.29) is 42.3 Å². The monoisotopic (exact) mass is 614 g/mol. The van der Waals surface area contributed by atoms with Gasteiger partial charge in [0.05, 0.1) is 0 Å². The van der Waals surface area contributed by atoms with Gasteiger partial charge < -0.3 is 14.6 Å². The molecule has 0 aliphatic rings. The fourth-order valence-electron chi connectivity index (χ4n) is 5.50. The highest BCUT2D eigenvalue weighted by atomic mass is 19.1. The highest BCUT2D eigenvalue weighted by molar-refractivity contribution is 5.24. The number of para-hydroxylation sites is 2.